The lowest BCUT2D eigenvalue weighted by Gasteiger charge is -2.01. The van der Waals surface area contributed by atoms with Gasteiger partial charge < -0.3 is 4.74 Å². The standard InChI is InChI=1S/C10H8BrNO/c11-10-2-1-7(5-12)3-8(10)4-9-6-13-9/h1-3,9H,4,6H2. The van der Waals surface area contributed by atoms with Gasteiger partial charge in [0.15, 0.2) is 0 Å². The molecule has 0 radical (unpaired) electrons. The van der Waals surface area contributed by atoms with Gasteiger partial charge in [0.05, 0.1) is 24.3 Å². The van der Waals surface area contributed by atoms with Crippen molar-refractivity contribution in [3.05, 3.63) is 33.8 Å². The van der Waals surface area contributed by atoms with Gasteiger partial charge >= 0.3 is 0 Å². The van der Waals surface area contributed by atoms with Crippen molar-refractivity contribution >= 4 is 15.9 Å². The molecule has 0 aliphatic carbocycles. The molecule has 0 bridgehead atoms. The quantitative estimate of drug-likeness (QED) is 0.741. The number of hydrogen-bond donors (Lipinski definition) is 0. The fraction of sp³-hybridized carbons (Fsp3) is 0.300. The van der Waals surface area contributed by atoms with E-state index in [1.54, 1.807) is 6.07 Å². The minimum atomic E-state index is 0.366. The van der Waals surface area contributed by atoms with Crippen LogP contribution in [0, 0.1) is 11.3 Å². The zero-order valence-electron chi connectivity index (χ0n) is 6.96. The van der Waals surface area contributed by atoms with Crippen LogP contribution in [-0.4, -0.2) is 12.7 Å². The molecule has 13 heavy (non-hydrogen) atoms. The molecule has 2 rings (SSSR count). The molecule has 0 saturated carbocycles. The predicted molar refractivity (Wildman–Crippen MR) is 52.3 cm³/mol. The third kappa shape index (κ3) is 2.09. The molecule has 3 heteroatoms. The molecule has 1 aliphatic heterocycles. The van der Waals surface area contributed by atoms with E-state index in [4.69, 9.17) is 10.00 Å². The predicted octanol–water partition coefficient (Wildman–Crippen LogP) is 2.26. The summed E-state index contributed by atoms with van der Waals surface area (Å²) in [5, 5.41) is 8.71. The number of nitrogens with zero attached hydrogens (tertiary/aromatic N) is 1. The Bertz CT molecular complexity index is 366. The van der Waals surface area contributed by atoms with Crippen LogP contribution >= 0.6 is 15.9 Å². The van der Waals surface area contributed by atoms with E-state index in [0.717, 1.165) is 23.1 Å². The van der Waals surface area contributed by atoms with Crippen LogP contribution in [0.15, 0.2) is 22.7 Å². The topological polar surface area (TPSA) is 36.3 Å². The normalized spacial score (nSPS) is 19.5. The molecular weight excluding hydrogens is 230 g/mol. The molecule has 66 valence electrons. The van der Waals surface area contributed by atoms with Crippen LogP contribution in [-0.2, 0) is 11.2 Å². The van der Waals surface area contributed by atoms with E-state index in [-0.39, 0.29) is 0 Å². The Morgan fingerprint density at radius 2 is 2.38 bits per heavy atom. The van der Waals surface area contributed by atoms with E-state index in [2.05, 4.69) is 22.0 Å². The van der Waals surface area contributed by atoms with Gasteiger partial charge in [-0.2, -0.15) is 5.26 Å². The number of benzene rings is 1. The van der Waals surface area contributed by atoms with Crippen LogP contribution in [0.5, 0.6) is 0 Å². The molecule has 0 spiro atoms. The summed E-state index contributed by atoms with van der Waals surface area (Å²) in [5.74, 6) is 0. The minimum Gasteiger partial charge on any atom is -0.373 e. The Hall–Kier alpha value is -0.850. The molecule has 0 amide bonds. The van der Waals surface area contributed by atoms with Crippen molar-refractivity contribution in [3.8, 4) is 6.07 Å². The molecule has 2 nitrogen and oxygen atoms in total. The minimum absolute atomic E-state index is 0.366. The van der Waals surface area contributed by atoms with E-state index < -0.39 is 0 Å². The average Bonchev–Trinajstić information content (AvgIpc) is 2.93. The molecule has 1 saturated heterocycles. The molecule has 1 aromatic rings. The summed E-state index contributed by atoms with van der Waals surface area (Å²) in [5.41, 5.74) is 1.86. The molecule has 1 unspecified atom stereocenters. The first kappa shape index (κ1) is 8.74. The molecule has 1 fully saturated rings. The van der Waals surface area contributed by atoms with Gasteiger partial charge in [-0.05, 0) is 23.8 Å². The number of halogens is 1. The summed E-state index contributed by atoms with van der Waals surface area (Å²) in [7, 11) is 0. The highest BCUT2D eigenvalue weighted by molar-refractivity contribution is 9.10. The summed E-state index contributed by atoms with van der Waals surface area (Å²) in [6.07, 6.45) is 1.26. The van der Waals surface area contributed by atoms with Crippen molar-refractivity contribution in [2.45, 2.75) is 12.5 Å². The van der Waals surface area contributed by atoms with Gasteiger partial charge in [-0.1, -0.05) is 15.9 Å². The van der Waals surface area contributed by atoms with Gasteiger partial charge in [-0.15, -0.1) is 0 Å². The lowest BCUT2D eigenvalue weighted by Crippen LogP contribution is -1.94. The summed E-state index contributed by atoms with van der Waals surface area (Å²) in [6, 6.07) is 7.75. The summed E-state index contributed by atoms with van der Waals surface area (Å²) in [6.45, 7) is 0.850. The summed E-state index contributed by atoms with van der Waals surface area (Å²) >= 11 is 3.45. The first-order chi connectivity index (χ1) is 6.29. The average molecular weight is 238 g/mol. The van der Waals surface area contributed by atoms with Gasteiger partial charge in [-0.3, -0.25) is 0 Å². The van der Waals surface area contributed by atoms with E-state index in [1.165, 1.54) is 0 Å². The zero-order chi connectivity index (χ0) is 9.26. The Morgan fingerprint density at radius 3 is 3.00 bits per heavy atom. The Kier molecular flexibility index (Phi) is 2.34. The monoisotopic (exact) mass is 237 g/mol. The van der Waals surface area contributed by atoms with Crippen molar-refractivity contribution in [1.29, 1.82) is 5.26 Å². The van der Waals surface area contributed by atoms with Crippen LogP contribution < -0.4 is 0 Å². The van der Waals surface area contributed by atoms with Crippen LogP contribution in [0.2, 0.25) is 0 Å². The number of rotatable bonds is 2. The molecule has 0 N–H and O–H groups in total. The van der Waals surface area contributed by atoms with Crippen molar-refractivity contribution in [2.24, 2.45) is 0 Å². The van der Waals surface area contributed by atoms with Crippen LogP contribution in [0.3, 0.4) is 0 Å². The van der Waals surface area contributed by atoms with E-state index in [9.17, 15) is 0 Å². The second-order valence-corrected chi connectivity index (χ2v) is 3.93. The van der Waals surface area contributed by atoms with E-state index >= 15 is 0 Å². The Morgan fingerprint density at radius 1 is 1.62 bits per heavy atom. The van der Waals surface area contributed by atoms with Crippen molar-refractivity contribution < 1.29 is 4.74 Å². The van der Waals surface area contributed by atoms with E-state index in [0.29, 0.717) is 11.7 Å². The highest BCUT2D eigenvalue weighted by Gasteiger charge is 2.23. The second-order valence-electron chi connectivity index (χ2n) is 3.08. The lowest BCUT2D eigenvalue weighted by molar-refractivity contribution is 0.407. The third-order valence-corrected chi connectivity index (χ3v) is 2.80. The fourth-order valence-electron chi connectivity index (χ4n) is 1.23. The maximum absolute atomic E-state index is 8.71. The molecule has 0 aromatic heterocycles. The van der Waals surface area contributed by atoms with Crippen molar-refractivity contribution in [3.63, 3.8) is 0 Å². The van der Waals surface area contributed by atoms with Crippen molar-refractivity contribution in [1.82, 2.24) is 0 Å². The summed E-state index contributed by atoms with van der Waals surface area (Å²) in [4.78, 5) is 0. The molecule has 1 aromatic carbocycles. The first-order valence-corrected chi connectivity index (χ1v) is 4.89. The number of hydrogen-bond acceptors (Lipinski definition) is 2. The Balaban J connectivity index is 2.25. The first-order valence-electron chi connectivity index (χ1n) is 4.10. The second kappa shape index (κ2) is 3.49. The van der Waals surface area contributed by atoms with E-state index in [1.807, 2.05) is 12.1 Å². The lowest BCUT2D eigenvalue weighted by atomic mass is 10.1. The largest absolute Gasteiger partial charge is 0.373 e. The maximum atomic E-state index is 8.71. The maximum Gasteiger partial charge on any atom is 0.0991 e. The molecule has 1 heterocycles. The van der Waals surface area contributed by atoms with Crippen LogP contribution in [0.1, 0.15) is 11.1 Å². The van der Waals surface area contributed by atoms with Crippen molar-refractivity contribution in [2.75, 3.05) is 6.61 Å². The van der Waals surface area contributed by atoms with Crippen LogP contribution in [0.4, 0.5) is 0 Å². The smallest absolute Gasteiger partial charge is 0.0991 e. The molecular formula is C10H8BrNO. The highest BCUT2D eigenvalue weighted by Crippen LogP contribution is 2.23. The fourth-order valence-corrected chi connectivity index (χ4v) is 1.64. The number of epoxide rings is 1. The third-order valence-electron chi connectivity index (χ3n) is 2.02. The van der Waals surface area contributed by atoms with Gasteiger partial charge in [0.1, 0.15) is 0 Å². The number of ether oxygens (including phenoxy) is 1. The van der Waals surface area contributed by atoms with Gasteiger partial charge in [0, 0.05) is 10.9 Å². The summed E-state index contributed by atoms with van der Waals surface area (Å²) < 4.78 is 6.19. The zero-order valence-corrected chi connectivity index (χ0v) is 8.54. The van der Waals surface area contributed by atoms with Gasteiger partial charge in [0.2, 0.25) is 0 Å². The van der Waals surface area contributed by atoms with Gasteiger partial charge in [0.25, 0.3) is 0 Å². The van der Waals surface area contributed by atoms with Gasteiger partial charge in [-0.25, -0.2) is 0 Å². The SMILES string of the molecule is N#Cc1ccc(Br)c(CC2CO2)c1. The highest BCUT2D eigenvalue weighted by atomic mass is 79.9. The van der Waals surface area contributed by atoms with Crippen LogP contribution in [0.25, 0.3) is 0 Å². The molecule has 1 aliphatic rings. The number of nitriles is 1. The Labute approximate surface area is 85.3 Å². The molecule has 1 atom stereocenters.